The summed E-state index contributed by atoms with van der Waals surface area (Å²) < 4.78 is 5.12. The number of methoxy groups -OCH3 is 1. The second kappa shape index (κ2) is 5.69. The van der Waals surface area contributed by atoms with Crippen LogP contribution in [0.4, 0.5) is 0 Å². The van der Waals surface area contributed by atoms with Crippen molar-refractivity contribution in [2.45, 2.75) is 25.4 Å². The molecule has 0 aromatic carbocycles. The van der Waals surface area contributed by atoms with E-state index in [1.165, 1.54) is 12.0 Å². The second-order valence-corrected chi connectivity index (χ2v) is 5.14. The largest absolute Gasteiger partial charge is 0.480 e. The Morgan fingerprint density at radius 1 is 1.33 bits per heavy atom. The quantitative estimate of drug-likeness (QED) is 0.839. The summed E-state index contributed by atoms with van der Waals surface area (Å²) in [5.41, 5.74) is -0.669. The molecule has 1 aromatic rings. The summed E-state index contributed by atoms with van der Waals surface area (Å²) in [6.45, 7) is 2.15. The Bertz CT molecular complexity index is 564. The van der Waals surface area contributed by atoms with E-state index in [-0.39, 0.29) is 37.7 Å². The average Bonchev–Trinajstić information content (AvgIpc) is 2.47. The monoisotopic (exact) mass is 294 g/mol. The zero-order valence-corrected chi connectivity index (χ0v) is 12.0. The predicted octanol–water partition coefficient (Wildman–Crippen LogP) is 0.450. The first-order chi connectivity index (χ1) is 9.87. The minimum atomic E-state index is -1.74. The Balaban J connectivity index is 2.14. The highest BCUT2D eigenvalue weighted by atomic mass is 16.5. The number of aromatic nitrogens is 1. The number of ether oxygens (including phenoxy) is 1. The number of carbonyl (C=O) groups is 2. The third-order valence-corrected chi connectivity index (χ3v) is 3.70. The molecule has 0 atom stereocenters. The number of amides is 1. The van der Waals surface area contributed by atoms with E-state index in [1.807, 2.05) is 0 Å². The van der Waals surface area contributed by atoms with Crippen molar-refractivity contribution in [3.8, 4) is 5.88 Å². The Hall–Kier alpha value is -2.15. The molecule has 0 saturated carbocycles. The van der Waals surface area contributed by atoms with Gasteiger partial charge in [0.05, 0.1) is 7.11 Å². The number of hydrogen-bond acceptors (Lipinski definition) is 5. The number of aryl methyl sites for hydroxylation is 1. The molecule has 7 nitrogen and oxygen atoms in total. The zero-order valence-electron chi connectivity index (χ0n) is 12.0. The fraction of sp³-hybridized carbons (Fsp3) is 0.500. The molecule has 1 amide bonds. The number of hydrogen-bond donors (Lipinski definition) is 2. The molecule has 114 valence electrons. The third-order valence-electron chi connectivity index (χ3n) is 3.70. The van der Waals surface area contributed by atoms with Crippen LogP contribution in [-0.4, -0.2) is 57.8 Å². The number of pyridine rings is 1. The summed E-state index contributed by atoms with van der Waals surface area (Å²) in [5, 5.41) is 18.8. The summed E-state index contributed by atoms with van der Waals surface area (Å²) in [6.07, 6.45) is 0.0192. The van der Waals surface area contributed by atoms with Gasteiger partial charge >= 0.3 is 5.97 Å². The molecule has 2 heterocycles. The van der Waals surface area contributed by atoms with Crippen LogP contribution in [0.5, 0.6) is 5.88 Å². The van der Waals surface area contributed by atoms with Crippen LogP contribution in [0.1, 0.15) is 28.9 Å². The average molecular weight is 294 g/mol. The maximum Gasteiger partial charge on any atom is 0.335 e. The van der Waals surface area contributed by atoms with Crippen LogP contribution in [-0.2, 0) is 4.79 Å². The van der Waals surface area contributed by atoms with Crippen molar-refractivity contribution in [3.63, 3.8) is 0 Å². The van der Waals surface area contributed by atoms with Crippen molar-refractivity contribution in [1.82, 2.24) is 9.88 Å². The number of rotatable bonds is 3. The summed E-state index contributed by atoms with van der Waals surface area (Å²) in [4.78, 5) is 29.1. The molecule has 2 N–H and O–H groups in total. The fourth-order valence-corrected chi connectivity index (χ4v) is 2.32. The van der Waals surface area contributed by atoms with E-state index in [0.717, 1.165) is 5.69 Å². The van der Waals surface area contributed by atoms with Crippen molar-refractivity contribution in [3.05, 3.63) is 23.4 Å². The van der Waals surface area contributed by atoms with Crippen LogP contribution >= 0.6 is 0 Å². The predicted molar refractivity (Wildman–Crippen MR) is 73.2 cm³/mol. The molecule has 0 bridgehead atoms. The van der Waals surface area contributed by atoms with Gasteiger partial charge in [0.2, 0.25) is 5.88 Å². The third kappa shape index (κ3) is 2.97. The maximum absolute atomic E-state index is 12.4. The highest BCUT2D eigenvalue weighted by molar-refractivity contribution is 5.96. The molecule has 1 fully saturated rings. The number of carbonyl (C=O) groups excluding carboxylic acids is 1. The molecule has 0 spiro atoms. The Kier molecular flexibility index (Phi) is 4.13. The normalized spacial score (nSPS) is 17.4. The number of piperidine rings is 1. The van der Waals surface area contributed by atoms with Gasteiger partial charge in [-0.2, -0.15) is 0 Å². The van der Waals surface area contributed by atoms with Gasteiger partial charge in [-0.3, -0.25) is 4.79 Å². The van der Waals surface area contributed by atoms with Crippen molar-refractivity contribution >= 4 is 11.9 Å². The van der Waals surface area contributed by atoms with Crippen molar-refractivity contribution in [2.75, 3.05) is 20.2 Å². The number of nitrogens with zero attached hydrogens (tertiary/aromatic N) is 2. The molecular formula is C14H18N2O5. The van der Waals surface area contributed by atoms with Crippen LogP contribution in [0, 0.1) is 6.92 Å². The van der Waals surface area contributed by atoms with Gasteiger partial charge in [-0.25, -0.2) is 9.78 Å². The van der Waals surface area contributed by atoms with Crippen LogP contribution < -0.4 is 4.74 Å². The number of carboxylic acid groups (broad SMARTS) is 1. The molecule has 0 radical (unpaired) electrons. The van der Waals surface area contributed by atoms with Gasteiger partial charge in [0, 0.05) is 31.6 Å². The summed E-state index contributed by atoms with van der Waals surface area (Å²) in [5.74, 6) is -1.27. The lowest BCUT2D eigenvalue weighted by molar-refractivity contribution is -0.162. The van der Waals surface area contributed by atoms with Gasteiger partial charge in [0.1, 0.15) is 5.56 Å². The summed E-state index contributed by atoms with van der Waals surface area (Å²) in [7, 11) is 1.44. The SMILES string of the molecule is COc1nc(C)ccc1C(=O)N1CCC(O)(C(=O)O)CC1. The number of aliphatic hydroxyl groups is 1. The second-order valence-electron chi connectivity index (χ2n) is 5.14. The van der Waals surface area contributed by atoms with Gasteiger partial charge in [0.15, 0.2) is 5.60 Å². The molecule has 1 aliphatic heterocycles. The van der Waals surface area contributed by atoms with Gasteiger partial charge in [-0.15, -0.1) is 0 Å². The first-order valence-corrected chi connectivity index (χ1v) is 6.64. The lowest BCUT2D eigenvalue weighted by atomic mass is 9.91. The highest BCUT2D eigenvalue weighted by Gasteiger charge is 2.40. The van der Waals surface area contributed by atoms with Gasteiger partial charge in [-0.1, -0.05) is 0 Å². The van der Waals surface area contributed by atoms with Crippen LogP contribution in [0.15, 0.2) is 12.1 Å². The molecule has 1 aliphatic rings. The van der Waals surface area contributed by atoms with E-state index in [2.05, 4.69) is 4.98 Å². The Morgan fingerprint density at radius 3 is 2.48 bits per heavy atom. The van der Waals surface area contributed by atoms with Crippen molar-refractivity contribution in [1.29, 1.82) is 0 Å². The standard InChI is InChI=1S/C14H18N2O5/c1-9-3-4-10(11(15-9)21-2)12(17)16-7-5-14(20,6-8-16)13(18)19/h3-4,20H,5-8H2,1-2H3,(H,18,19). The first-order valence-electron chi connectivity index (χ1n) is 6.64. The summed E-state index contributed by atoms with van der Waals surface area (Å²) >= 11 is 0. The van der Waals surface area contributed by atoms with Crippen molar-refractivity contribution in [2.24, 2.45) is 0 Å². The molecule has 7 heteroatoms. The maximum atomic E-state index is 12.4. The minimum absolute atomic E-state index is 0.00960. The number of aliphatic carboxylic acids is 1. The highest BCUT2D eigenvalue weighted by Crippen LogP contribution is 2.25. The molecular weight excluding hydrogens is 276 g/mol. The molecule has 0 unspecified atom stereocenters. The Labute approximate surface area is 122 Å². The summed E-state index contributed by atoms with van der Waals surface area (Å²) in [6, 6.07) is 3.36. The van der Waals surface area contributed by atoms with Gasteiger partial charge < -0.3 is 19.8 Å². The van der Waals surface area contributed by atoms with Crippen LogP contribution in [0.3, 0.4) is 0 Å². The Morgan fingerprint density at radius 2 is 1.95 bits per heavy atom. The van der Waals surface area contributed by atoms with E-state index in [1.54, 1.807) is 19.1 Å². The van der Waals surface area contributed by atoms with E-state index in [0.29, 0.717) is 5.56 Å². The van der Waals surface area contributed by atoms with E-state index in [4.69, 9.17) is 9.84 Å². The topological polar surface area (TPSA) is 100.0 Å². The van der Waals surface area contributed by atoms with Crippen molar-refractivity contribution < 1.29 is 24.5 Å². The van der Waals surface area contributed by atoms with E-state index < -0.39 is 11.6 Å². The van der Waals surface area contributed by atoms with Gasteiger partial charge in [0.25, 0.3) is 5.91 Å². The first kappa shape index (κ1) is 15.2. The lowest BCUT2D eigenvalue weighted by Gasteiger charge is -2.35. The van der Waals surface area contributed by atoms with E-state index >= 15 is 0 Å². The molecule has 2 rings (SSSR count). The van der Waals surface area contributed by atoms with E-state index in [9.17, 15) is 14.7 Å². The number of carboxylic acids is 1. The minimum Gasteiger partial charge on any atom is -0.480 e. The molecule has 1 saturated heterocycles. The molecule has 0 aliphatic carbocycles. The molecule has 21 heavy (non-hydrogen) atoms. The fourth-order valence-electron chi connectivity index (χ4n) is 2.32. The zero-order chi connectivity index (χ0) is 15.6. The molecule has 1 aromatic heterocycles. The lowest BCUT2D eigenvalue weighted by Crippen LogP contribution is -2.50. The van der Waals surface area contributed by atoms with Crippen LogP contribution in [0.2, 0.25) is 0 Å². The van der Waals surface area contributed by atoms with Crippen LogP contribution in [0.25, 0.3) is 0 Å². The number of likely N-dealkylation sites (tertiary alicyclic amines) is 1. The smallest absolute Gasteiger partial charge is 0.335 e. The van der Waals surface area contributed by atoms with Gasteiger partial charge in [-0.05, 0) is 19.1 Å².